The molecule has 0 radical (unpaired) electrons. The van der Waals surface area contributed by atoms with Crippen molar-refractivity contribution in [3.8, 4) is 11.8 Å². The molecule has 1 aliphatic carbocycles. The highest BCUT2D eigenvalue weighted by Gasteiger charge is 2.55. The van der Waals surface area contributed by atoms with E-state index < -0.39 is 24.3 Å². The van der Waals surface area contributed by atoms with E-state index in [1.807, 2.05) is 0 Å². The van der Waals surface area contributed by atoms with Gasteiger partial charge in [-0.25, -0.2) is 4.39 Å². The van der Waals surface area contributed by atoms with Gasteiger partial charge in [0.05, 0.1) is 11.8 Å². The molecule has 0 saturated heterocycles. The van der Waals surface area contributed by atoms with Crippen LogP contribution < -0.4 is 4.65 Å². The van der Waals surface area contributed by atoms with Gasteiger partial charge in [-0.15, -0.1) is 0 Å². The van der Waals surface area contributed by atoms with Gasteiger partial charge in [0.1, 0.15) is 5.82 Å². The molecule has 1 aromatic rings. The van der Waals surface area contributed by atoms with Gasteiger partial charge in [-0.1, -0.05) is 18.3 Å². The van der Waals surface area contributed by atoms with Crippen molar-refractivity contribution in [2.24, 2.45) is 5.92 Å². The first kappa shape index (κ1) is 10.6. The highest BCUT2D eigenvalue weighted by molar-refractivity contribution is 6.61. The zero-order valence-electron chi connectivity index (χ0n) is 8.88. The zero-order valence-corrected chi connectivity index (χ0v) is 8.88. The highest BCUT2D eigenvalue weighted by Crippen LogP contribution is 2.60. The van der Waals surface area contributed by atoms with Crippen molar-refractivity contribution in [2.75, 3.05) is 0 Å². The number of nitriles is 1. The fraction of sp³-hybridized carbons (Fsp3) is 0.364. The molecule has 1 aromatic carbocycles. The lowest BCUT2D eigenvalue weighted by molar-refractivity contribution is 0.141. The van der Waals surface area contributed by atoms with E-state index in [1.165, 1.54) is 18.2 Å². The van der Waals surface area contributed by atoms with E-state index in [2.05, 4.69) is 6.07 Å². The summed E-state index contributed by atoms with van der Waals surface area (Å²) in [5, 5.41) is 28.5. The molecule has 3 rings (SSSR count). The molecule has 17 heavy (non-hydrogen) atoms. The highest BCUT2D eigenvalue weighted by atomic mass is 19.1. The maximum absolute atomic E-state index is 13.7. The summed E-state index contributed by atoms with van der Waals surface area (Å²) in [6.45, 7) is -2.99. The van der Waals surface area contributed by atoms with E-state index in [4.69, 9.17) is 9.92 Å². The van der Waals surface area contributed by atoms with Crippen LogP contribution in [0.4, 0.5) is 4.39 Å². The number of fused-ring (bicyclic) bond motifs is 3. The molecule has 0 unspecified atom stereocenters. The Morgan fingerprint density at radius 3 is 2.94 bits per heavy atom. The van der Waals surface area contributed by atoms with E-state index in [1.54, 1.807) is 0 Å². The minimum absolute atomic E-state index is 0.135. The number of hydrogen-bond donors (Lipinski definition) is 2. The molecule has 0 bridgehead atoms. The lowest BCUT2D eigenvalue weighted by Crippen LogP contribution is -2.58. The Kier molecular flexibility index (Phi) is 2.00. The van der Waals surface area contributed by atoms with Gasteiger partial charge in [-0.05, 0) is 18.1 Å². The monoisotopic (exact) mass is 234 g/mol. The first-order chi connectivity index (χ1) is 8.04. The second-order valence-corrected chi connectivity index (χ2v) is 4.69. The molecule has 0 spiro atoms. The number of halogens is 1. The molecule has 2 N–H and O–H groups in total. The van der Waals surface area contributed by atoms with Crippen LogP contribution in [0.15, 0.2) is 18.2 Å². The van der Waals surface area contributed by atoms with Gasteiger partial charge < -0.3 is 14.7 Å². The third-order valence-electron chi connectivity index (χ3n) is 3.79. The molecule has 6 heteroatoms. The van der Waals surface area contributed by atoms with Crippen LogP contribution in [0.1, 0.15) is 17.9 Å². The lowest BCUT2D eigenvalue weighted by Gasteiger charge is -2.55. The molecule has 88 valence electrons. The summed E-state index contributed by atoms with van der Waals surface area (Å²) in [7, 11) is 0. The van der Waals surface area contributed by atoms with Crippen LogP contribution in [0.25, 0.3) is 0 Å². The van der Waals surface area contributed by atoms with Crippen LogP contribution in [-0.4, -0.2) is 16.8 Å². The van der Waals surface area contributed by atoms with Crippen LogP contribution in [0.3, 0.4) is 0 Å². The van der Waals surface area contributed by atoms with Gasteiger partial charge >= 0.3 is 6.75 Å². The number of nitrogens with zero attached hydrogens (tertiary/aromatic N) is 1. The average Bonchev–Trinajstić information content (AvgIpc) is 2.20. The van der Waals surface area contributed by atoms with Gasteiger partial charge in [0.25, 0.3) is 0 Å². The Morgan fingerprint density at radius 1 is 1.47 bits per heavy atom. The Hall–Kier alpha value is -1.58. The third kappa shape index (κ3) is 1.30. The van der Waals surface area contributed by atoms with Crippen LogP contribution in [-0.2, 0) is 0 Å². The predicted molar refractivity (Wildman–Crippen MR) is 57.4 cm³/mol. The Balaban J connectivity index is 2.15. The topological polar surface area (TPSA) is 73.5 Å². The molecule has 1 fully saturated rings. The lowest BCUT2D eigenvalue weighted by atomic mass is 9.43. The molecular formula is C11H10BFNO3-. The molecule has 2 aliphatic rings. The maximum Gasteiger partial charge on any atom is 0.434 e. The van der Waals surface area contributed by atoms with E-state index in [9.17, 15) is 14.4 Å². The van der Waals surface area contributed by atoms with Crippen molar-refractivity contribution < 1.29 is 19.1 Å². The Bertz CT molecular complexity index is 528. The minimum atomic E-state index is -2.99. The zero-order chi connectivity index (χ0) is 12.2. The fourth-order valence-corrected chi connectivity index (χ4v) is 2.90. The fourth-order valence-electron chi connectivity index (χ4n) is 2.90. The normalized spacial score (nSPS) is 32.5. The Labute approximate surface area is 97.3 Å². The largest absolute Gasteiger partial charge is 0.670 e. The van der Waals surface area contributed by atoms with Gasteiger partial charge in [-0.3, -0.25) is 0 Å². The first-order valence-electron chi connectivity index (χ1n) is 5.51. The summed E-state index contributed by atoms with van der Waals surface area (Å²) in [6, 6.07) is 6.30. The second-order valence-electron chi connectivity index (χ2n) is 4.69. The van der Waals surface area contributed by atoms with Crippen molar-refractivity contribution in [1.82, 2.24) is 0 Å². The minimum Gasteiger partial charge on any atom is -0.670 e. The molecule has 4 nitrogen and oxygen atoms in total. The van der Waals surface area contributed by atoms with Gasteiger partial charge in [-0.2, -0.15) is 5.26 Å². The maximum atomic E-state index is 13.7. The molecular weight excluding hydrogens is 224 g/mol. The van der Waals surface area contributed by atoms with Crippen LogP contribution in [0.2, 0.25) is 5.82 Å². The van der Waals surface area contributed by atoms with E-state index >= 15 is 0 Å². The van der Waals surface area contributed by atoms with Crippen molar-refractivity contribution in [2.45, 2.75) is 18.2 Å². The summed E-state index contributed by atoms with van der Waals surface area (Å²) in [4.78, 5) is 0. The summed E-state index contributed by atoms with van der Waals surface area (Å²) in [6.07, 6.45) is 0.335. The molecule has 1 saturated carbocycles. The van der Waals surface area contributed by atoms with Gasteiger partial charge in [0.2, 0.25) is 0 Å². The van der Waals surface area contributed by atoms with Crippen LogP contribution in [0, 0.1) is 23.1 Å². The first-order valence-corrected chi connectivity index (χ1v) is 5.51. The van der Waals surface area contributed by atoms with Gasteiger partial charge in [0.15, 0.2) is 0 Å². The third-order valence-corrected chi connectivity index (χ3v) is 3.79. The predicted octanol–water partition coefficient (Wildman–Crippen LogP) is 1.14. The second kappa shape index (κ2) is 3.22. The SMILES string of the molecule is N#C[C@@H]1C[C@@H]2[C@H]1c1c(F)cccc1O[B-]2(O)O. The summed E-state index contributed by atoms with van der Waals surface area (Å²) >= 11 is 0. The standard InChI is InChI=1S/C11H10BFNO3/c13-8-2-1-3-9-11(8)10-6(5-14)4-7(10)12(15,16)17-9/h1-3,6-7,10,15-16H,4H2/q-1/t6-,7+,10-/m0/s1. The summed E-state index contributed by atoms with van der Waals surface area (Å²) in [5.74, 6) is -1.75. The molecule has 1 aliphatic heterocycles. The van der Waals surface area contributed by atoms with Crippen LogP contribution in [0.5, 0.6) is 5.75 Å². The van der Waals surface area contributed by atoms with Crippen LogP contribution >= 0.6 is 0 Å². The quantitative estimate of drug-likeness (QED) is 0.660. The van der Waals surface area contributed by atoms with E-state index in [-0.39, 0.29) is 11.7 Å². The summed E-state index contributed by atoms with van der Waals surface area (Å²) in [5.41, 5.74) is 0.302. The Morgan fingerprint density at radius 2 is 2.24 bits per heavy atom. The van der Waals surface area contributed by atoms with Crippen molar-refractivity contribution in [3.63, 3.8) is 0 Å². The number of hydrogen-bond acceptors (Lipinski definition) is 4. The van der Waals surface area contributed by atoms with E-state index in [0.717, 1.165) is 0 Å². The molecule has 3 atom stereocenters. The van der Waals surface area contributed by atoms with E-state index in [0.29, 0.717) is 12.0 Å². The van der Waals surface area contributed by atoms with Crippen molar-refractivity contribution in [1.29, 1.82) is 5.26 Å². The van der Waals surface area contributed by atoms with Crippen molar-refractivity contribution in [3.05, 3.63) is 29.6 Å². The number of rotatable bonds is 0. The molecule has 1 heterocycles. The molecule has 0 amide bonds. The number of benzene rings is 1. The van der Waals surface area contributed by atoms with Crippen molar-refractivity contribution >= 4 is 6.75 Å². The van der Waals surface area contributed by atoms with Gasteiger partial charge in [0, 0.05) is 11.5 Å². The average molecular weight is 234 g/mol. The summed E-state index contributed by atoms with van der Waals surface area (Å²) < 4.78 is 18.8. The smallest absolute Gasteiger partial charge is 0.434 e. The molecule has 0 aromatic heterocycles.